The van der Waals surface area contributed by atoms with Crippen LogP contribution in [-0.2, 0) is 0 Å². The molecule has 0 spiro atoms. The molecule has 0 aliphatic rings. The van der Waals surface area contributed by atoms with Crippen LogP contribution >= 0.6 is 11.8 Å². The normalized spacial score (nSPS) is 11.6. The Morgan fingerprint density at radius 1 is 1.20 bits per heavy atom. The summed E-state index contributed by atoms with van der Waals surface area (Å²) in [6, 6.07) is 7.99. The number of carbonyl (C=O) groups is 1. The number of ketones is 1. The fourth-order valence-electron chi connectivity index (χ4n) is 2.65. The summed E-state index contributed by atoms with van der Waals surface area (Å²) in [7, 11) is 0. The third kappa shape index (κ3) is 3.90. The maximum Gasteiger partial charge on any atom is 0.253 e. The van der Waals surface area contributed by atoms with E-state index in [2.05, 4.69) is 54.9 Å². The van der Waals surface area contributed by atoms with Crippen LogP contribution in [0.2, 0.25) is 0 Å². The second kappa shape index (κ2) is 7.35. The van der Waals surface area contributed by atoms with Crippen LogP contribution in [0.15, 0.2) is 41.8 Å². The van der Waals surface area contributed by atoms with E-state index in [4.69, 9.17) is 0 Å². The van der Waals surface area contributed by atoms with E-state index < -0.39 is 0 Å². The van der Waals surface area contributed by atoms with E-state index in [-0.39, 0.29) is 5.78 Å². The van der Waals surface area contributed by atoms with Gasteiger partial charge < -0.3 is 0 Å². The summed E-state index contributed by atoms with van der Waals surface area (Å²) in [5.74, 6) is 1.72. The largest absolute Gasteiger partial charge is 0.293 e. The van der Waals surface area contributed by atoms with Gasteiger partial charge in [0.1, 0.15) is 0 Å². The molecule has 0 aliphatic heterocycles. The first kappa shape index (κ1) is 17.6. The summed E-state index contributed by atoms with van der Waals surface area (Å²) >= 11 is 1.35. The minimum atomic E-state index is 0.107. The minimum absolute atomic E-state index is 0.107. The van der Waals surface area contributed by atoms with Crippen molar-refractivity contribution in [2.75, 3.05) is 5.75 Å². The van der Waals surface area contributed by atoms with Gasteiger partial charge in [-0.25, -0.2) is 9.50 Å². The van der Waals surface area contributed by atoms with Gasteiger partial charge in [0.2, 0.25) is 5.16 Å². The summed E-state index contributed by atoms with van der Waals surface area (Å²) < 4.78 is 1.61. The van der Waals surface area contributed by atoms with Crippen LogP contribution in [0.5, 0.6) is 0 Å². The molecule has 0 fully saturated rings. The molecule has 0 radical (unpaired) electrons. The van der Waals surface area contributed by atoms with E-state index in [1.54, 1.807) is 23.0 Å². The molecule has 0 saturated carbocycles. The molecule has 0 unspecified atom stereocenters. The molecule has 25 heavy (non-hydrogen) atoms. The highest BCUT2D eigenvalue weighted by Crippen LogP contribution is 2.26. The lowest BCUT2D eigenvalue weighted by atomic mass is 9.90. The van der Waals surface area contributed by atoms with Gasteiger partial charge in [-0.05, 0) is 29.0 Å². The zero-order valence-electron chi connectivity index (χ0n) is 14.9. The van der Waals surface area contributed by atoms with E-state index in [9.17, 15) is 4.79 Å². The van der Waals surface area contributed by atoms with Crippen LogP contribution in [-0.4, -0.2) is 31.1 Å². The van der Waals surface area contributed by atoms with Crippen LogP contribution in [0.3, 0.4) is 0 Å². The smallest absolute Gasteiger partial charge is 0.253 e. The Bertz CT molecular complexity index is 868. The molecule has 130 valence electrons. The molecule has 1 aromatic carbocycles. The van der Waals surface area contributed by atoms with Crippen molar-refractivity contribution in [1.29, 1.82) is 0 Å². The van der Waals surface area contributed by atoms with Crippen LogP contribution in [0.4, 0.5) is 0 Å². The number of hydrogen-bond acceptors (Lipinski definition) is 5. The predicted octanol–water partition coefficient (Wildman–Crippen LogP) is 4.35. The van der Waals surface area contributed by atoms with E-state index >= 15 is 0 Å². The van der Waals surface area contributed by atoms with Gasteiger partial charge in [0.15, 0.2) is 5.78 Å². The van der Waals surface area contributed by atoms with Crippen LogP contribution in [0.25, 0.3) is 5.78 Å². The van der Waals surface area contributed by atoms with Crippen LogP contribution in [0, 0.1) is 0 Å². The third-order valence-electron chi connectivity index (χ3n) is 4.09. The van der Waals surface area contributed by atoms with E-state index in [1.807, 2.05) is 6.07 Å². The fraction of sp³-hybridized carbons (Fsp3) is 0.368. The second-order valence-electron chi connectivity index (χ2n) is 6.63. The monoisotopic (exact) mass is 354 g/mol. The molecule has 0 saturated heterocycles. The Kier molecular flexibility index (Phi) is 5.18. The summed E-state index contributed by atoms with van der Waals surface area (Å²) in [5, 5.41) is 4.89. The standard InChI is InChI=1S/C19H22N4OS/c1-12(2)14-6-7-15(16(10-14)13(3)4)17(24)11-25-19-21-18-20-8-5-9-23(18)22-19/h5-10,12-13H,11H2,1-4H3. The lowest BCUT2D eigenvalue weighted by molar-refractivity contribution is 0.102. The zero-order valence-corrected chi connectivity index (χ0v) is 15.7. The van der Waals surface area contributed by atoms with Crippen molar-refractivity contribution in [2.45, 2.75) is 44.7 Å². The molecule has 0 bridgehead atoms. The molecule has 0 amide bonds. The molecular weight excluding hydrogens is 332 g/mol. The number of aromatic nitrogens is 4. The highest BCUT2D eigenvalue weighted by molar-refractivity contribution is 7.99. The highest BCUT2D eigenvalue weighted by Gasteiger charge is 2.17. The maximum absolute atomic E-state index is 12.7. The molecule has 0 atom stereocenters. The third-order valence-corrected chi connectivity index (χ3v) is 4.93. The summed E-state index contributed by atoms with van der Waals surface area (Å²) in [6.45, 7) is 8.58. The first-order valence-electron chi connectivity index (χ1n) is 8.43. The molecule has 5 nitrogen and oxygen atoms in total. The maximum atomic E-state index is 12.7. The number of benzene rings is 1. The Balaban J connectivity index is 1.78. The van der Waals surface area contributed by atoms with Gasteiger partial charge in [-0.3, -0.25) is 4.79 Å². The minimum Gasteiger partial charge on any atom is -0.293 e. The second-order valence-corrected chi connectivity index (χ2v) is 7.57. The SMILES string of the molecule is CC(C)c1ccc(C(=O)CSc2nc3ncccn3n2)c(C(C)C)c1. The summed E-state index contributed by atoms with van der Waals surface area (Å²) in [6.07, 6.45) is 3.47. The lowest BCUT2D eigenvalue weighted by Crippen LogP contribution is -2.09. The van der Waals surface area contributed by atoms with Gasteiger partial charge in [0.05, 0.1) is 5.75 Å². The van der Waals surface area contributed by atoms with Gasteiger partial charge in [-0.1, -0.05) is 57.7 Å². The van der Waals surface area contributed by atoms with Gasteiger partial charge >= 0.3 is 0 Å². The van der Waals surface area contributed by atoms with Gasteiger partial charge in [0.25, 0.3) is 5.78 Å². The van der Waals surface area contributed by atoms with Gasteiger partial charge in [-0.2, -0.15) is 4.98 Å². The number of carbonyl (C=O) groups excluding carboxylic acids is 1. The summed E-state index contributed by atoms with van der Waals surface area (Å²) in [5.41, 5.74) is 3.18. The number of thioether (sulfide) groups is 1. The molecule has 6 heteroatoms. The van der Waals surface area contributed by atoms with Crippen molar-refractivity contribution in [3.63, 3.8) is 0 Å². The van der Waals surface area contributed by atoms with Crippen molar-refractivity contribution < 1.29 is 4.79 Å². The zero-order chi connectivity index (χ0) is 18.0. The Morgan fingerprint density at radius 3 is 2.68 bits per heavy atom. The lowest BCUT2D eigenvalue weighted by Gasteiger charge is -2.15. The van der Waals surface area contributed by atoms with Crippen molar-refractivity contribution in [1.82, 2.24) is 19.6 Å². The number of nitrogens with zero attached hydrogens (tertiary/aromatic N) is 4. The molecule has 0 N–H and O–H groups in total. The first-order chi connectivity index (χ1) is 12.0. The summed E-state index contributed by atoms with van der Waals surface area (Å²) in [4.78, 5) is 21.2. The molecule has 2 heterocycles. The fourth-order valence-corrected chi connectivity index (χ4v) is 3.36. The van der Waals surface area contributed by atoms with E-state index in [0.717, 1.165) is 11.1 Å². The number of fused-ring (bicyclic) bond motifs is 1. The molecule has 2 aromatic heterocycles. The van der Waals surface area contributed by atoms with Crippen molar-refractivity contribution >= 4 is 23.3 Å². The number of hydrogen-bond donors (Lipinski definition) is 0. The van der Waals surface area contributed by atoms with Gasteiger partial charge in [0, 0.05) is 18.0 Å². The van der Waals surface area contributed by atoms with Crippen LogP contribution < -0.4 is 0 Å². The number of rotatable bonds is 6. The number of Topliss-reactive ketones (excluding diaryl/α,β-unsaturated/α-hetero) is 1. The average molecular weight is 354 g/mol. The van der Waals surface area contributed by atoms with Gasteiger partial charge in [-0.15, -0.1) is 5.10 Å². The molecular formula is C19H22N4OS. The Hall–Kier alpha value is -2.21. The van der Waals surface area contributed by atoms with Crippen molar-refractivity contribution in [3.05, 3.63) is 53.3 Å². The van der Waals surface area contributed by atoms with Crippen molar-refractivity contribution in [2.24, 2.45) is 0 Å². The Morgan fingerprint density at radius 2 is 2.00 bits per heavy atom. The predicted molar refractivity (Wildman–Crippen MR) is 100 cm³/mol. The van der Waals surface area contributed by atoms with Crippen LogP contribution in [0.1, 0.15) is 61.0 Å². The topological polar surface area (TPSA) is 60.2 Å². The van der Waals surface area contributed by atoms with E-state index in [0.29, 0.717) is 28.5 Å². The Labute approximate surface area is 151 Å². The first-order valence-corrected chi connectivity index (χ1v) is 9.41. The molecule has 0 aliphatic carbocycles. The average Bonchev–Trinajstić information content (AvgIpc) is 3.02. The molecule has 3 aromatic rings. The molecule has 3 rings (SSSR count). The van der Waals surface area contributed by atoms with E-state index in [1.165, 1.54) is 17.3 Å². The quantitative estimate of drug-likeness (QED) is 0.486. The van der Waals surface area contributed by atoms with Crippen molar-refractivity contribution in [3.8, 4) is 0 Å². The highest BCUT2D eigenvalue weighted by atomic mass is 32.2.